The van der Waals surface area contributed by atoms with Crippen molar-refractivity contribution in [2.24, 2.45) is 0 Å². The average molecular weight is 283 g/mol. The van der Waals surface area contributed by atoms with E-state index in [4.69, 9.17) is 0 Å². The minimum absolute atomic E-state index is 0.0302. The zero-order chi connectivity index (χ0) is 11.5. The maximum atomic E-state index is 12.1. The van der Waals surface area contributed by atoms with Gasteiger partial charge in [0.25, 0.3) is 0 Å². The van der Waals surface area contributed by atoms with Crippen LogP contribution in [0.3, 0.4) is 0 Å². The summed E-state index contributed by atoms with van der Waals surface area (Å²) in [7, 11) is 1.84. The van der Waals surface area contributed by atoms with E-state index in [9.17, 15) is 4.79 Å². The molecule has 0 bridgehead atoms. The Morgan fingerprint density at radius 2 is 2.06 bits per heavy atom. The van der Waals surface area contributed by atoms with Gasteiger partial charge in [0.1, 0.15) is 0 Å². The molecule has 1 unspecified atom stereocenters. The first-order valence-corrected chi connectivity index (χ1v) is 6.26. The van der Waals surface area contributed by atoms with E-state index in [-0.39, 0.29) is 11.9 Å². The van der Waals surface area contributed by atoms with Crippen molar-refractivity contribution >= 4 is 27.5 Å². The standard InChI is InChI=1S/C12H15BrN2O/c1-14-11-3-2-8-15(12(11)16)10-6-4-9(13)5-7-10/h4-7,11,14H,2-3,8H2,1H3. The number of hydrogen-bond acceptors (Lipinski definition) is 2. The number of piperidine rings is 1. The van der Waals surface area contributed by atoms with E-state index in [0.717, 1.165) is 29.5 Å². The molecule has 1 fully saturated rings. The van der Waals surface area contributed by atoms with Gasteiger partial charge in [-0.05, 0) is 44.2 Å². The van der Waals surface area contributed by atoms with E-state index >= 15 is 0 Å². The summed E-state index contributed by atoms with van der Waals surface area (Å²) in [6.07, 6.45) is 1.98. The molecule has 1 N–H and O–H groups in total. The number of amides is 1. The molecule has 1 aliphatic rings. The first kappa shape index (κ1) is 11.6. The predicted octanol–water partition coefficient (Wildman–Crippen LogP) is 2.16. The fraction of sp³-hybridized carbons (Fsp3) is 0.417. The number of likely N-dealkylation sites (N-methyl/N-ethyl adjacent to an activating group) is 1. The Morgan fingerprint density at radius 1 is 1.38 bits per heavy atom. The monoisotopic (exact) mass is 282 g/mol. The van der Waals surface area contributed by atoms with E-state index in [1.807, 2.05) is 36.2 Å². The molecule has 2 rings (SSSR count). The Kier molecular flexibility index (Phi) is 3.61. The maximum absolute atomic E-state index is 12.1. The summed E-state index contributed by atoms with van der Waals surface area (Å²) in [6, 6.07) is 7.84. The molecule has 1 heterocycles. The van der Waals surface area contributed by atoms with Crippen molar-refractivity contribution < 1.29 is 4.79 Å². The van der Waals surface area contributed by atoms with Crippen LogP contribution in [0.15, 0.2) is 28.7 Å². The van der Waals surface area contributed by atoms with Crippen molar-refractivity contribution in [2.75, 3.05) is 18.5 Å². The Hall–Kier alpha value is -0.870. The fourth-order valence-corrected chi connectivity index (χ4v) is 2.28. The molecule has 0 spiro atoms. The third-order valence-electron chi connectivity index (χ3n) is 2.93. The highest BCUT2D eigenvalue weighted by Gasteiger charge is 2.28. The van der Waals surface area contributed by atoms with Crippen LogP contribution in [0.1, 0.15) is 12.8 Å². The van der Waals surface area contributed by atoms with Crippen LogP contribution in [0.5, 0.6) is 0 Å². The Labute approximate surface area is 104 Å². The fourth-order valence-electron chi connectivity index (χ4n) is 2.02. The molecule has 0 saturated carbocycles. The summed E-state index contributed by atoms with van der Waals surface area (Å²) in [5, 5.41) is 3.06. The molecule has 0 aromatic heterocycles. The lowest BCUT2D eigenvalue weighted by Crippen LogP contribution is -2.49. The summed E-state index contributed by atoms with van der Waals surface area (Å²) in [6.45, 7) is 0.818. The molecule has 1 aliphatic heterocycles. The lowest BCUT2D eigenvalue weighted by atomic mass is 10.0. The number of benzene rings is 1. The molecule has 0 radical (unpaired) electrons. The second-order valence-corrected chi connectivity index (χ2v) is 4.87. The smallest absolute Gasteiger partial charge is 0.244 e. The molecule has 4 heteroatoms. The summed E-state index contributed by atoms with van der Waals surface area (Å²) in [4.78, 5) is 14.0. The van der Waals surface area contributed by atoms with Gasteiger partial charge in [-0.25, -0.2) is 0 Å². The van der Waals surface area contributed by atoms with Crippen LogP contribution >= 0.6 is 15.9 Å². The average Bonchev–Trinajstić information content (AvgIpc) is 2.31. The molecule has 86 valence electrons. The first-order valence-electron chi connectivity index (χ1n) is 5.46. The van der Waals surface area contributed by atoms with Gasteiger partial charge in [-0.15, -0.1) is 0 Å². The zero-order valence-electron chi connectivity index (χ0n) is 9.24. The molecular formula is C12H15BrN2O. The second-order valence-electron chi connectivity index (χ2n) is 3.95. The van der Waals surface area contributed by atoms with Gasteiger partial charge in [0.2, 0.25) is 5.91 Å². The Morgan fingerprint density at radius 3 is 2.69 bits per heavy atom. The van der Waals surface area contributed by atoms with Crippen LogP contribution in [0.4, 0.5) is 5.69 Å². The maximum Gasteiger partial charge on any atom is 0.244 e. The number of carbonyl (C=O) groups excluding carboxylic acids is 1. The quantitative estimate of drug-likeness (QED) is 0.902. The number of nitrogens with zero attached hydrogens (tertiary/aromatic N) is 1. The summed E-state index contributed by atoms with van der Waals surface area (Å²) in [5.74, 6) is 0.177. The second kappa shape index (κ2) is 4.97. The van der Waals surface area contributed by atoms with Crippen LogP contribution in [0.2, 0.25) is 0 Å². The van der Waals surface area contributed by atoms with Crippen molar-refractivity contribution in [3.8, 4) is 0 Å². The normalized spacial score (nSPS) is 21.2. The predicted molar refractivity (Wildman–Crippen MR) is 68.6 cm³/mol. The molecule has 1 aromatic rings. The molecule has 1 atom stereocenters. The number of halogens is 1. The van der Waals surface area contributed by atoms with E-state index in [1.54, 1.807) is 0 Å². The van der Waals surface area contributed by atoms with Crippen molar-refractivity contribution in [2.45, 2.75) is 18.9 Å². The topological polar surface area (TPSA) is 32.3 Å². The van der Waals surface area contributed by atoms with Gasteiger partial charge in [0.15, 0.2) is 0 Å². The van der Waals surface area contributed by atoms with Crippen molar-refractivity contribution in [1.82, 2.24) is 5.32 Å². The number of nitrogens with one attached hydrogen (secondary N) is 1. The highest BCUT2D eigenvalue weighted by atomic mass is 79.9. The van der Waals surface area contributed by atoms with Crippen LogP contribution in [0.25, 0.3) is 0 Å². The van der Waals surface area contributed by atoms with Crippen LogP contribution in [0, 0.1) is 0 Å². The minimum Gasteiger partial charge on any atom is -0.311 e. The lowest BCUT2D eigenvalue weighted by molar-refractivity contribution is -0.121. The van der Waals surface area contributed by atoms with E-state index in [1.165, 1.54) is 0 Å². The summed E-state index contributed by atoms with van der Waals surface area (Å²) >= 11 is 3.39. The van der Waals surface area contributed by atoms with E-state index in [2.05, 4.69) is 21.2 Å². The molecule has 1 amide bonds. The lowest BCUT2D eigenvalue weighted by Gasteiger charge is -2.32. The number of anilines is 1. The Balaban J connectivity index is 2.20. The molecule has 1 aromatic carbocycles. The van der Waals surface area contributed by atoms with Crippen LogP contribution in [-0.2, 0) is 4.79 Å². The number of rotatable bonds is 2. The third-order valence-corrected chi connectivity index (χ3v) is 3.45. The SMILES string of the molecule is CNC1CCCN(c2ccc(Br)cc2)C1=O. The summed E-state index contributed by atoms with van der Waals surface area (Å²) in [5.41, 5.74) is 0.980. The highest BCUT2D eigenvalue weighted by molar-refractivity contribution is 9.10. The third kappa shape index (κ3) is 2.28. The van der Waals surface area contributed by atoms with Gasteiger partial charge in [0.05, 0.1) is 6.04 Å². The molecule has 1 saturated heterocycles. The summed E-state index contributed by atoms with van der Waals surface area (Å²) < 4.78 is 1.03. The molecule has 3 nitrogen and oxygen atoms in total. The largest absolute Gasteiger partial charge is 0.311 e. The first-order chi connectivity index (χ1) is 7.72. The van der Waals surface area contributed by atoms with Gasteiger partial charge in [-0.2, -0.15) is 0 Å². The van der Waals surface area contributed by atoms with Gasteiger partial charge in [-0.3, -0.25) is 4.79 Å². The van der Waals surface area contributed by atoms with Crippen LogP contribution in [-0.4, -0.2) is 25.5 Å². The van der Waals surface area contributed by atoms with Crippen molar-refractivity contribution in [3.05, 3.63) is 28.7 Å². The van der Waals surface area contributed by atoms with E-state index in [0.29, 0.717) is 0 Å². The van der Waals surface area contributed by atoms with Gasteiger partial charge in [0, 0.05) is 16.7 Å². The number of carbonyl (C=O) groups is 1. The molecular weight excluding hydrogens is 268 g/mol. The highest BCUT2D eigenvalue weighted by Crippen LogP contribution is 2.22. The number of hydrogen-bond donors (Lipinski definition) is 1. The van der Waals surface area contributed by atoms with Crippen molar-refractivity contribution in [3.63, 3.8) is 0 Å². The molecule has 16 heavy (non-hydrogen) atoms. The van der Waals surface area contributed by atoms with Gasteiger partial charge >= 0.3 is 0 Å². The Bertz CT molecular complexity index is 377. The minimum atomic E-state index is -0.0302. The van der Waals surface area contributed by atoms with Crippen molar-refractivity contribution in [1.29, 1.82) is 0 Å². The zero-order valence-corrected chi connectivity index (χ0v) is 10.8. The van der Waals surface area contributed by atoms with Crippen LogP contribution < -0.4 is 10.2 Å². The van der Waals surface area contributed by atoms with E-state index < -0.39 is 0 Å². The van der Waals surface area contributed by atoms with Gasteiger partial charge < -0.3 is 10.2 Å². The molecule has 0 aliphatic carbocycles. The van der Waals surface area contributed by atoms with Gasteiger partial charge in [-0.1, -0.05) is 15.9 Å².